The van der Waals surface area contributed by atoms with Gasteiger partial charge in [-0.25, -0.2) is 4.79 Å². The lowest BCUT2D eigenvalue weighted by Gasteiger charge is -2.46. The molecule has 1 saturated heterocycles. The Labute approximate surface area is 148 Å². The van der Waals surface area contributed by atoms with E-state index in [0.717, 1.165) is 5.56 Å². The third kappa shape index (κ3) is 4.00. The highest BCUT2D eigenvalue weighted by atomic mass is 16.5. The summed E-state index contributed by atoms with van der Waals surface area (Å²) in [6.45, 7) is 8.37. The number of cyclic esters (lactones) is 1. The molecule has 1 aliphatic heterocycles. The molecule has 0 unspecified atom stereocenters. The van der Waals surface area contributed by atoms with Gasteiger partial charge in [0, 0.05) is 12.5 Å². The Hall–Kier alpha value is -2.37. The zero-order chi connectivity index (χ0) is 18.8. The van der Waals surface area contributed by atoms with Crippen LogP contribution in [0.25, 0.3) is 0 Å². The van der Waals surface area contributed by atoms with E-state index in [4.69, 9.17) is 4.74 Å². The maximum Gasteiger partial charge on any atom is 0.341 e. The zero-order valence-corrected chi connectivity index (χ0v) is 15.5. The van der Waals surface area contributed by atoms with Crippen molar-refractivity contribution in [2.45, 2.75) is 58.2 Å². The molecule has 6 heteroatoms. The van der Waals surface area contributed by atoms with Crippen molar-refractivity contribution in [1.29, 1.82) is 0 Å². The molecule has 0 bridgehead atoms. The van der Waals surface area contributed by atoms with Crippen LogP contribution in [0.1, 0.15) is 40.2 Å². The molecule has 1 aromatic carbocycles. The van der Waals surface area contributed by atoms with Gasteiger partial charge in [0.25, 0.3) is 5.91 Å². The molecular formula is C19H26N2O4. The van der Waals surface area contributed by atoms with Crippen molar-refractivity contribution in [3.63, 3.8) is 0 Å². The monoisotopic (exact) mass is 346 g/mol. The van der Waals surface area contributed by atoms with Crippen molar-refractivity contribution < 1.29 is 19.1 Å². The third-order valence-electron chi connectivity index (χ3n) is 4.24. The highest BCUT2D eigenvalue weighted by Gasteiger charge is 2.55. The summed E-state index contributed by atoms with van der Waals surface area (Å²) >= 11 is 0. The van der Waals surface area contributed by atoms with Crippen LogP contribution in [0.2, 0.25) is 0 Å². The smallest absolute Gasteiger partial charge is 0.341 e. The fourth-order valence-corrected chi connectivity index (χ4v) is 3.12. The van der Waals surface area contributed by atoms with Crippen LogP contribution < -0.4 is 5.32 Å². The number of rotatable bonds is 3. The first-order chi connectivity index (χ1) is 11.6. The van der Waals surface area contributed by atoms with Crippen LogP contribution in [-0.2, 0) is 25.5 Å². The first-order valence-corrected chi connectivity index (χ1v) is 8.39. The molecule has 1 heterocycles. The van der Waals surface area contributed by atoms with Crippen molar-refractivity contribution in [2.24, 2.45) is 0 Å². The molecule has 0 spiro atoms. The summed E-state index contributed by atoms with van der Waals surface area (Å²) in [4.78, 5) is 39.1. The molecular weight excluding hydrogens is 320 g/mol. The fourth-order valence-electron chi connectivity index (χ4n) is 3.12. The predicted octanol–water partition coefficient (Wildman–Crippen LogP) is 1.68. The highest BCUT2D eigenvalue weighted by molar-refractivity contribution is 6.10. The number of amides is 2. The third-order valence-corrected chi connectivity index (χ3v) is 4.24. The quantitative estimate of drug-likeness (QED) is 0.667. The Morgan fingerprint density at radius 2 is 1.88 bits per heavy atom. The van der Waals surface area contributed by atoms with Gasteiger partial charge < -0.3 is 15.0 Å². The second kappa shape index (κ2) is 6.86. The number of nitrogens with one attached hydrogen (secondary N) is 1. The molecule has 6 nitrogen and oxygen atoms in total. The highest BCUT2D eigenvalue weighted by Crippen LogP contribution is 2.28. The molecule has 136 valence electrons. The summed E-state index contributed by atoms with van der Waals surface area (Å²) in [6, 6.07) is 9.23. The second-order valence-corrected chi connectivity index (χ2v) is 7.61. The van der Waals surface area contributed by atoms with Gasteiger partial charge in [0.05, 0.1) is 6.04 Å². The maximum absolute atomic E-state index is 12.9. The molecule has 0 aliphatic carbocycles. The lowest BCUT2D eigenvalue weighted by atomic mass is 9.90. The van der Waals surface area contributed by atoms with Gasteiger partial charge in [-0.2, -0.15) is 0 Å². The van der Waals surface area contributed by atoms with Gasteiger partial charge in [-0.05, 0) is 39.7 Å². The van der Waals surface area contributed by atoms with Crippen molar-refractivity contribution in [1.82, 2.24) is 10.2 Å². The molecule has 1 N–H and O–H groups in total. The average molecular weight is 346 g/mol. The summed E-state index contributed by atoms with van der Waals surface area (Å²) < 4.78 is 5.30. The predicted molar refractivity (Wildman–Crippen MR) is 93.7 cm³/mol. The molecule has 0 radical (unpaired) electrons. The number of carbonyl (C=O) groups excluding carboxylic acids is 3. The van der Waals surface area contributed by atoms with E-state index in [9.17, 15) is 14.4 Å². The number of carbonyl (C=O) groups is 3. The molecule has 0 aromatic heterocycles. The van der Waals surface area contributed by atoms with Gasteiger partial charge in [0.1, 0.15) is 6.61 Å². The largest absolute Gasteiger partial charge is 0.461 e. The molecule has 2 amide bonds. The van der Waals surface area contributed by atoms with Gasteiger partial charge in [-0.15, -0.1) is 0 Å². The minimum absolute atomic E-state index is 0.0751. The molecule has 25 heavy (non-hydrogen) atoms. The summed E-state index contributed by atoms with van der Waals surface area (Å²) in [7, 11) is 0. The van der Waals surface area contributed by atoms with Gasteiger partial charge in [-0.3, -0.25) is 9.59 Å². The van der Waals surface area contributed by atoms with Crippen molar-refractivity contribution >= 4 is 17.8 Å². The van der Waals surface area contributed by atoms with E-state index >= 15 is 0 Å². The van der Waals surface area contributed by atoms with Crippen LogP contribution in [0.5, 0.6) is 0 Å². The molecule has 2 atom stereocenters. The van der Waals surface area contributed by atoms with E-state index in [1.807, 2.05) is 51.1 Å². The van der Waals surface area contributed by atoms with Crippen molar-refractivity contribution in [2.75, 3.05) is 6.61 Å². The van der Waals surface area contributed by atoms with Crippen molar-refractivity contribution in [3.8, 4) is 0 Å². The number of hydrogen-bond acceptors (Lipinski definition) is 4. The normalized spacial score (nSPS) is 23.8. The van der Waals surface area contributed by atoms with Crippen LogP contribution in [0.4, 0.5) is 0 Å². The Morgan fingerprint density at radius 3 is 2.40 bits per heavy atom. The SMILES string of the molecule is CC(=O)N1[C@@H](Cc2ccccc2)COC(=O)[C@@]1(C)C(=O)NC(C)(C)C. The zero-order valence-electron chi connectivity index (χ0n) is 15.5. The summed E-state index contributed by atoms with van der Waals surface area (Å²) in [5.41, 5.74) is -1.21. The lowest BCUT2D eigenvalue weighted by Crippen LogP contribution is -2.71. The first kappa shape index (κ1) is 19.0. The molecule has 0 saturated carbocycles. The fraction of sp³-hybridized carbons (Fsp3) is 0.526. The van der Waals surface area contributed by atoms with E-state index < -0.39 is 29.0 Å². The van der Waals surface area contributed by atoms with E-state index in [1.54, 1.807) is 0 Å². The van der Waals surface area contributed by atoms with E-state index in [2.05, 4.69) is 5.32 Å². The Bertz CT molecular complexity index is 666. The van der Waals surface area contributed by atoms with Crippen LogP contribution >= 0.6 is 0 Å². The van der Waals surface area contributed by atoms with Gasteiger partial charge >= 0.3 is 5.97 Å². The van der Waals surface area contributed by atoms with Crippen LogP contribution in [0.3, 0.4) is 0 Å². The summed E-state index contributed by atoms with van der Waals surface area (Å²) in [5, 5.41) is 2.80. The molecule has 1 aromatic rings. The van der Waals surface area contributed by atoms with Crippen molar-refractivity contribution in [3.05, 3.63) is 35.9 Å². The van der Waals surface area contributed by atoms with E-state index in [0.29, 0.717) is 6.42 Å². The minimum atomic E-state index is -1.68. The van der Waals surface area contributed by atoms with Crippen LogP contribution in [0, 0.1) is 0 Å². The van der Waals surface area contributed by atoms with E-state index in [1.165, 1.54) is 18.7 Å². The maximum atomic E-state index is 12.9. The average Bonchev–Trinajstić information content (AvgIpc) is 2.50. The molecule has 1 aliphatic rings. The lowest BCUT2D eigenvalue weighted by molar-refractivity contribution is -0.183. The molecule has 1 fully saturated rings. The van der Waals surface area contributed by atoms with E-state index in [-0.39, 0.29) is 12.5 Å². The number of morpholine rings is 1. The number of benzene rings is 1. The summed E-state index contributed by atoms with van der Waals surface area (Å²) in [6.07, 6.45) is 0.506. The minimum Gasteiger partial charge on any atom is -0.461 e. The Morgan fingerprint density at radius 1 is 1.28 bits per heavy atom. The number of esters is 1. The van der Waals surface area contributed by atoms with Crippen LogP contribution in [0.15, 0.2) is 30.3 Å². The standard InChI is InChI=1S/C19H26N2O4/c1-13(22)21-15(11-14-9-7-6-8-10-14)12-25-17(24)19(21,5)16(23)20-18(2,3)4/h6-10,15H,11-12H2,1-5H3,(H,20,23)/t15-,19+/m0/s1. The number of nitrogens with zero attached hydrogens (tertiary/aromatic N) is 1. The molecule has 2 rings (SSSR count). The number of hydrogen-bond donors (Lipinski definition) is 1. The first-order valence-electron chi connectivity index (χ1n) is 8.39. The van der Waals surface area contributed by atoms with Gasteiger partial charge in [-0.1, -0.05) is 30.3 Å². The second-order valence-electron chi connectivity index (χ2n) is 7.61. The topological polar surface area (TPSA) is 75.7 Å². The summed E-state index contributed by atoms with van der Waals surface area (Å²) in [5.74, 6) is -1.56. The number of ether oxygens (including phenoxy) is 1. The Balaban J connectivity index is 2.37. The van der Waals surface area contributed by atoms with Crippen LogP contribution in [-0.4, -0.2) is 46.4 Å². The Kier molecular flexibility index (Phi) is 5.20. The van der Waals surface area contributed by atoms with Gasteiger partial charge in [0.15, 0.2) is 0 Å². The van der Waals surface area contributed by atoms with Gasteiger partial charge in [0.2, 0.25) is 11.4 Å².